The molecule has 0 radical (unpaired) electrons. The third-order valence-electron chi connectivity index (χ3n) is 6.51. The Kier molecular flexibility index (Phi) is 9.04. The molecule has 0 aromatic heterocycles. The largest absolute Gasteiger partial charge is 0.508 e. The van der Waals surface area contributed by atoms with E-state index in [-0.39, 0.29) is 18.6 Å². The molecule has 0 unspecified atom stereocenters. The fourth-order valence-corrected chi connectivity index (χ4v) is 4.24. The fraction of sp³-hybridized carbons (Fsp3) is 0.286. The smallest absolute Gasteiger partial charge is 0.343 e. The first-order chi connectivity index (χ1) is 19.9. The van der Waals surface area contributed by atoms with E-state index in [0.717, 1.165) is 24.3 Å². The maximum Gasteiger partial charge on any atom is 0.343 e. The molecule has 0 aliphatic carbocycles. The van der Waals surface area contributed by atoms with Crippen LogP contribution in [0.5, 0.6) is 40.2 Å². The van der Waals surface area contributed by atoms with E-state index in [0.29, 0.717) is 5.56 Å². The molecule has 1 aliphatic heterocycles. The molecule has 3 aromatic rings. The van der Waals surface area contributed by atoms with Crippen LogP contribution in [0.2, 0.25) is 0 Å². The predicted octanol–water partition coefficient (Wildman–Crippen LogP) is 0.428. The lowest BCUT2D eigenvalue weighted by molar-refractivity contribution is -0.277. The standard InChI is InChI=1S/C28H28O14/c29-11-21-24(36)25(37)26(38)28(42-21)41-20-10-15(31)9-19(40-27(39)13-7-17(33)23(35)18(34)8-13)22(20)16(32)6-3-12-1-4-14(30)5-2-12/h1-2,4-5,7-10,21,24-26,28-31,33-38H,3,6,11H2/t21-,24-,25+,26-,28-/m1/s1. The van der Waals surface area contributed by atoms with E-state index < -0.39 is 94.7 Å². The minimum Gasteiger partial charge on any atom is -0.508 e. The van der Waals surface area contributed by atoms with Crippen LogP contribution < -0.4 is 9.47 Å². The topological polar surface area (TPSA) is 244 Å². The average molecular weight is 589 g/mol. The molecule has 42 heavy (non-hydrogen) atoms. The van der Waals surface area contributed by atoms with Gasteiger partial charge in [-0.05, 0) is 36.2 Å². The molecule has 224 valence electrons. The lowest BCUT2D eigenvalue weighted by Gasteiger charge is -2.39. The molecule has 1 saturated heterocycles. The van der Waals surface area contributed by atoms with Gasteiger partial charge in [0.05, 0.1) is 12.2 Å². The molecule has 0 saturated carbocycles. The van der Waals surface area contributed by atoms with Gasteiger partial charge in [0, 0.05) is 18.6 Å². The molecule has 1 fully saturated rings. The third-order valence-corrected chi connectivity index (χ3v) is 6.51. The van der Waals surface area contributed by atoms with Crippen molar-refractivity contribution in [2.45, 2.75) is 43.5 Å². The van der Waals surface area contributed by atoms with Crippen LogP contribution in [0, 0.1) is 0 Å². The minimum absolute atomic E-state index is 0.0133. The van der Waals surface area contributed by atoms with Crippen LogP contribution in [0.4, 0.5) is 0 Å². The second kappa shape index (κ2) is 12.5. The number of aliphatic hydroxyl groups excluding tert-OH is 4. The highest BCUT2D eigenvalue weighted by atomic mass is 16.7. The molecular weight excluding hydrogens is 560 g/mol. The molecule has 3 aromatic carbocycles. The van der Waals surface area contributed by atoms with Gasteiger partial charge in [0.2, 0.25) is 6.29 Å². The molecule has 1 heterocycles. The molecule has 9 N–H and O–H groups in total. The second-order valence-electron chi connectivity index (χ2n) is 9.47. The Labute approximate surface area is 237 Å². The number of ketones is 1. The molecule has 5 atom stereocenters. The van der Waals surface area contributed by atoms with Gasteiger partial charge in [0.25, 0.3) is 0 Å². The van der Waals surface area contributed by atoms with Crippen molar-refractivity contribution in [3.8, 4) is 40.2 Å². The van der Waals surface area contributed by atoms with Crippen molar-refractivity contribution in [2.24, 2.45) is 0 Å². The van der Waals surface area contributed by atoms with Crippen LogP contribution in [0.3, 0.4) is 0 Å². The van der Waals surface area contributed by atoms with Crippen molar-refractivity contribution in [3.63, 3.8) is 0 Å². The lowest BCUT2D eigenvalue weighted by Crippen LogP contribution is -2.60. The number of hydrogen-bond acceptors (Lipinski definition) is 14. The van der Waals surface area contributed by atoms with Gasteiger partial charge in [0.15, 0.2) is 23.0 Å². The first-order valence-corrected chi connectivity index (χ1v) is 12.5. The Morgan fingerprint density at radius 3 is 2.02 bits per heavy atom. The number of esters is 1. The molecule has 14 nitrogen and oxygen atoms in total. The lowest BCUT2D eigenvalue weighted by atomic mass is 9.98. The second-order valence-corrected chi connectivity index (χ2v) is 9.47. The summed E-state index contributed by atoms with van der Waals surface area (Å²) in [6.07, 6.45) is -8.58. The Morgan fingerprint density at radius 1 is 0.786 bits per heavy atom. The van der Waals surface area contributed by atoms with Gasteiger partial charge in [-0.1, -0.05) is 12.1 Å². The number of carbonyl (C=O) groups excluding carboxylic acids is 2. The molecule has 14 heteroatoms. The molecule has 1 aliphatic rings. The van der Waals surface area contributed by atoms with Gasteiger partial charge in [-0.2, -0.15) is 0 Å². The van der Waals surface area contributed by atoms with Crippen molar-refractivity contribution < 1.29 is 69.8 Å². The van der Waals surface area contributed by atoms with Gasteiger partial charge < -0.3 is 60.2 Å². The Balaban J connectivity index is 1.71. The number of rotatable bonds is 9. The van der Waals surface area contributed by atoms with Crippen LogP contribution in [-0.2, 0) is 11.2 Å². The van der Waals surface area contributed by atoms with Gasteiger partial charge in [-0.3, -0.25) is 4.79 Å². The number of hydrogen-bond donors (Lipinski definition) is 9. The highest BCUT2D eigenvalue weighted by molar-refractivity contribution is 6.03. The van der Waals surface area contributed by atoms with E-state index in [1.165, 1.54) is 12.1 Å². The Bertz CT molecular complexity index is 1430. The number of aryl methyl sites for hydroxylation is 1. The summed E-state index contributed by atoms with van der Waals surface area (Å²) < 4.78 is 16.3. The fourth-order valence-electron chi connectivity index (χ4n) is 4.24. The van der Waals surface area contributed by atoms with Gasteiger partial charge in [0.1, 0.15) is 53.0 Å². The summed E-state index contributed by atoms with van der Waals surface area (Å²) in [4.78, 5) is 26.4. The average Bonchev–Trinajstić information content (AvgIpc) is 2.95. The van der Waals surface area contributed by atoms with E-state index in [2.05, 4.69) is 0 Å². The number of phenols is 5. The van der Waals surface area contributed by atoms with Crippen molar-refractivity contribution in [1.82, 2.24) is 0 Å². The Hall–Kier alpha value is -4.60. The zero-order chi connectivity index (χ0) is 30.7. The van der Waals surface area contributed by atoms with Crippen molar-refractivity contribution >= 4 is 11.8 Å². The Morgan fingerprint density at radius 2 is 1.40 bits per heavy atom. The first kappa shape index (κ1) is 30.4. The number of Topliss-reactive ketones (excluding diaryl/α,β-unsaturated/α-hetero) is 1. The number of ether oxygens (including phenoxy) is 3. The maximum atomic E-state index is 13.5. The molecule has 0 bridgehead atoms. The van der Waals surface area contributed by atoms with E-state index in [1.54, 1.807) is 12.1 Å². The number of aromatic hydroxyl groups is 5. The van der Waals surface area contributed by atoms with Gasteiger partial charge in [-0.15, -0.1) is 0 Å². The quantitative estimate of drug-likeness (QED) is 0.0712. The first-order valence-electron chi connectivity index (χ1n) is 12.5. The number of aliphatic hydroxyl groups is 4. The molecule has 0 spiro atoms. The highest BCUT2D eigenvalue weighted by Crippen LogP contribution is 2.39. The van der Waals surface area contributed by atoms with Crippen LogP contribution in [0.1, 0.15) is 32.7 Å². The van der Waals surface area contributed by atoms with Gasteiger partial charge in [-0.25, -0.2) is 4.79 Å². The minimum atomic E-state index is -1.88. The van der Waals surface area contributed by atoms with Crippen molar-refractivity contribution in [2.75, 3.05) is 6.61 Å². The third kappa shape index (κ3) is 6.48. The van der Waals surface area contributed by atoms with Crippen LogP contribution in [-0.4, -0.2) is 95.0 Å². The van der Waals surface area contributed by atoms with E-state index in [1.807, 2.05) is 0 Å². The molecule has 4 rings (SSSR count). The number of phenolic OH excluding ortho intramolecular Hbond substituents is 5. The number of benzene rings is 3. The zero-order valence-electron chi connectivity index (χ0n) is 21.7. The highest BCUT2D eigenvalue weighted by Gasteiger charge is 2.45. The summed E-state index contributed by atoms with van der Waals surface area (Å²) in [7, 11) is 0. The summed E-state index contributed by atoms with van der Waals surface area (Å²) in [5.41, 5.74) is -0.195. The van der Waals surface area contributed by atoms with Crippen LogP contribution in [0.25, 0.3) is 0 Å². The van der Waals surface area contributed by atoms with Crippen LogP contribution in [0.15, 0.2) is 48.5 Å². The van der Waals surface area contributed by atoms with Crippen LogP contribution >= 0.6 is 0 Å². The van der Waals surface area contributed by atoms with E-state index >= 15 is 0 Å². The van der Waals surface area contributed by atoms with Gasteiger partial charge >= 0.3 is 5.97 Å². The summed E-state index contributed by atoms with van der Waals surface area (Å²) in [6.45, 7) is -0.765. The number of carbonyl (C=O) groups is 2. The zero-order valence-corrected chi connectivity index (χ0v) is 21.7. The SMILES string of the molecule is O=C(Oc1cc(O)cc(O[C@@H]2O[C@H](CO)[C@@H](O)[C@H](O)[C@H]2O)c1C(=O)CCc1ccc(O)cc1)c1cc(O)c(O)c(O)c1. The summed E-state index contributed by atoms with van der Waals surface area (Å²) in [6, 6.07) is 9.44. The van der Waals surface area contributed by atoms with Crippen molar-refractivity contribution in [1.29, 1.82) is 0 Å². The maximum absolute atomic E-state index is 13.5. The molecule has 0 amide bonds. The molecular formula is C28H28O14. The van der Waals surface area contributed by atoms with E-state index in [9.17, 15) is 55.5 Å². The summed E-state index contributed by atoms with van der Waals surface area (Å²) in [5.74, 6) is -6.05. The summed E-state index contributed by atoms with van der Waals surface area (Å²) >= 11 is 0. The monoisotopic (exact) mass is 588 g/mol. The predicted molar refractivity (Wildman–Crippen MR) is 140 cm³/mol. The van der Waals surface area contributed by atoms with E-state index in [4.69, 9.17) is 14.2 Å². The summed E-state index contributed by atoms with van der Waals surface area (Å²) in [5, 5.41) is 89.1. The van der Waals surface area contributed by atoms with Crippen molar-refractivity contribution in [3.05, 3.63) is 65.2 Å². The normalized spacial score (nSPS) is 22.0.